The zero-order valence-corrected chi connectivity index (χ0v) is 14.6. The molecule has 0 bridgehead atoms. The van der Waals surface area contributed by atoms with Crippen LogP contribution in [0.2, 0.25) is 0 Å². The molecule has 3 aliphatic rings. The third kappa shape index (κ3) is 3.41. The quantitative estimate of drug-likeness (QED) is 0.849. The molecule has 0 N–H and O–H groups in total. The Balaban J connectivity index is 1.23. The van der Waals surface area contributed by atoms with Gasteiger partial charge in [0.2, 0.25) is 0 Å². The summed E-state index contributed by atoms with van der Waals surface area (Å²) in [6.45, 7) is 9.16. The van der Waals surface area contributed by atoms with Crippen LogP contribution < -0.4 is 4.90 Å². The topological polar surface area (TPSA) is 9.72 Å². The minimum atomic E-state index is 0.624. The van der Waals surface area contributed by atoms with Gasteiger partial charge in [-0.2, -0.15) is 0 Å². The molecule has 1 spiro atoms. The van der Waals surface area contributed by atoms with E-state index in [1.807, 2.05) is 0 Å². The van der Waals surface area contributed by atoms with Gasteiger partial charge in [-0.25, -0.2) is 0 Å². The minimum Gasteiger partial charge on any atom is -0.370 e. The standard InChI is InChI=1S/C20H31N3/c1-21-11-7-18(8-12-21)15-22-13-9-20(10-14-22)16-23(17-20)19-5-3-2-4-6-19/h2-6,18H,7-17H2,1H3. The lowest BCUT2D eigenvalue weighted by molar-refractivity contribution is 0.0593. The van der Waals surface area contributed by atoms with Crippen LogP contribution in [-0.2, 0) is 0 Å². The van der Waals surface area contributed by atoms with E-state index in [1.54, 1.807) is 0 Å². The monoisotopic (exact) mass is 313 g/mol. The molecule has 0 amide bonds. The van der Waals surface area contributed by atoms with Gasteiger partial charge in [-0.3, -0.25) is 0 Å². The van der Waals surface area contributed by atoms with Gasteiger partial charge >= 0.3 is 0 Å². The van der Waals surface area contributed by atoms with Gasteiger partial charge < -0.3 is 14.7 Å². The molecule has 0 radical (unpaired) electrons. The number of hydrogen-bond donors (Lipinski definition) is 0. The van der Waals surface area contributed by atoms with Gasteiger partial charge in [-0.1, -0.05) is 18.2 Å². The van der Waals surface area contributed by atoms with Crippen LogP contribution in [0.4, 0.5) is 5.69 Å². The first-order chi connectivity index (χ1) is 11.2. The number of hydrogen-bond acceptors (Lipinski definition) is 3. The van der Waals surface area contributed by atoms with Crippen LogP contribution >= 0.6 is 0 Å². The first-order valence-corrected chi connectivity index (χ1v) is 9.43. The molecule has 3 nitrogen and oxygen atoms in total. The molecule has 3 heteroatoms. The van der Waals surface area contributed by atoms with Gasteiger partial charge in [0.15, 0.2) is 0 Å². The lowest BCUT2D eigenvalue weighted by atomic mass is 9.71. The largest absolute Gasteiger partial charge is 0.370 e. The van der Waals surface area contributed by atoms with Crippen LogP contribution in [0.25, 0.3) is 0 Å². The Morgan fingerprint density at radius 2 is 1.61 bits per heavy atom. The van der Waals surface area contributed by atoms with E-state index < -0.39 is 0 Å². The van der Waals surface area contributed by atoms with Crippen molar-refractivity contribution in [2.45, 2.75) is 25.7 Å². The van der Waals surface area contributed by atoms with Crippen molar-refractivity contribution in [2.24, 2.45) is 11.3 Å². The Morgan fingerprint density at radius 3 is 2.26 bits per heavy atom. The lowest BCUT2D eigenvalue weighted by Crippen LogP contribution is -2.60. The second-order valence-electron chi connectivity index (χ2n) is 8.24. The van der Waals surface area contributed by atoms with Gasteiger partial charge in [0.05, 0.1) is 0 Å². The van der Waals surface area contributed by atoms with Crippen LogP contribution in [0.15, 0.2) is 30.3 Å². The van der Waals surface area contributed by atoms with Gasteiger partial charge in [0.1, 0.15) is 0 Å². The third-order valence-electron chi connectivity index (χ3n) is 6.45. The van der Waals surface area contributed by atoms with Crippen molar-refractivity contribution in [2.75, 3.05) is 57.8 Å². The lowest BCUT2D eigenvalue weighted by Gasteiger charge is -2.55. The summed E-state index contributed by atoms with van der Waals surface area (Å²) >= 11 is 0. The molecular formula is C20H31N3. The second kappa shape index (κ2) is 6.45. The number of likely N-dealkylation sites (tertiary alicyclic amines) is 2. The van der Waals surface area contributed by atoms with Crippen molar-refractivity contribution in [3.63, 3.8) is 0 Å². The summed E-state index contributed by atoms with van der Waals surface area (Å²) < 4.78 is 0. The predicted molar refractivity (Wildman–Crippen MR) is 97.0 cm³/mol. The molecule has 3 fully saturated rings. The summed E-state index contributed by atoms with van der Waals surface area (Å²) in [6, 6.07) is 10.9. The molecule has 3 saturated heterocycles. The SMILES string of the molecule is CN1CCC(CN2CCC3(CC2)CN(c2ccccc2)C3)CC1. The van der Waals surface area contributed by atoms with Crippen LogP contribution in [0.3, 0.4) is 0 Å². The van der Waals surface area contributed by atoms with Crippen LogP contribution in [0.1, 0.15) is 25.7 Å². The zero-order chi connectivity index (χ0) is 15.7. The Morgan fingerprint density at radius 1 is 0.957 bits per heavy atom. The molecule has 0 aliphatic carbocycles. The molecule has 1 aromatic rings. The molecule has 0 unspecified atom stereocenters. The number of para-hydroxylation sites is 1. The van der Waals surface area contributed by atoms with Gasteiger partial charge in [-0.15, -0.1) is 0 Å². The van der Waals surface area contributed by atoms with E-state index in [2.05, 4.69) is 52.1 Å². The Bertz CT molecular complexity index is 491. The van der Waals surface area contributed by atoms with Crippen LogP contribution in [0.5, 0.6) is 0 Å². The third-order valence-corrected chi connectivity index (χ3v) is 6.45. The molecule has 1 aromatic carbocycles. The zero-order valence-electron chi connectivity index (χ0n) is 14.6. The van der Waals surface area contributed by atoms with Crippen molar-refractivity contribution in [1.29, 1.82) is 0 Å². The molecule has 23 heavy (non-hydrogen) atoms. The molecule has 0 saturated carbocycles. The highest BCUT2D eigenvalue weighted by molar-refractivity contribution is 5.49. The molecule has 3 heterocycles. The molecule has 0 atom stereocenters. The highest BCUT2D eigenvalue weighted by atomic mass is 15.2. The Kier molecular flexibility index (Phi) is 4.33. The fraction of sp³-hybridized carbons (Fsp3) is 0.700. The highest BCUT2D eigenvalue weighted by Crippen LogP contribution is 2.42. The van der Waals surface area contributed by atoms with E-state index in [1.165, 1.54) is 77.2 Å². The summed E-state index contributed by atoms with van der Waals surface area (Å²) in [6.07, 6.45) is 5.62. The maximum atomic E-state index is 2.76. The van der Waals surface area contributed by atoms with E-state index in [-0.39, 0.29) is 0 Å². The van der Waals surface area contributed by atoms with Crippen molar-refractivity contribution in [3.8, 4) is 0 Å². The summed E-state index contributed by atoms with van der Waals surface area (Å²) in [7, 11) is 2.26. The van der Waals surface area contributed by atoms with Crippen LogP contribution in [0, 0.1) is 11.3 Å². The van der Waals surface area contributed by atoms with E-state index >= 15 is 0 Å². The average molecular weight is 313 g/mol. The number of rotatable bonds is 3. The Labute approximate surface area is 141 Å². The Hall–Kier alpha value is -1.06. The van der Waals surface area contributed by atoms with E-state index in [4.69, 9.17) is 0 Å². The van der Waals surface area contributed by atoms with Crippen LogP contribution in [-0.4, -0.2) is 62.7 Å². The normalized spacial score (nSPS) is 26.4. The maximum absolute atomic E-state index is 2.76. The summed E-state index contributed by atoms with van der Waals surface area (Å²) in [5.41, 5.74) is 2.03. The summed E-state index contributed by atoms with van der Waals surface area (Å²) in [5, 5.41) is 0. The van der Waals surface area contributed by atoms with Gasteiger partial charge in [0.25, 0.3) is 0 Å². The van der Waals surface area contributed by atoms with E-state index in [0.29, 0.717) is 5.41 Å². The summed E-state index contributed by atoms with van der Waals surface area (Å²) in [5.74, 6) is 0.947. The highest BCUT2D eigenvalue weighted by Gasteiger charge is 2.44. The number of benzene rings is 1. The van der Waals surface area contributed by atoms with E-state index in [9.17, 15) is 0 Å². The molecule has 126 valence electrons. The molecule has 4 rings (SSSR count). The summed E-state index contributed by atoms with van der Waals surface area (Å²) in [4.78, 5) is 7.80. The van der Waals surface area contributed by atoms with Crippen molar-refractivity contribution >= 4 is 5.69 Å². The van der Waals surface area contributed by atoms with Crippen molar-refractivity contribution < 1.29 is 0 Å². The first kappa shape index (κ1) is 15.5. The molecule has 0 aromatic heterocycles. The number of anilines is 1. The van der Waals surface area contributed by atoms with Crippen molar-refractivity contribution in [1.82, 2.24) is 9.80 Å². The maximum Gasteiger partial charge on any atom is 0.0366 e. The minimum absolute atomic E-state index is 0.624. The fourth-order valence-corrected chi connectivity index (χ4v) is 4.72. The fourth-order valence-electron chi connectivity index (χ4n) is 4.72. The van der Waals surface area contributed by atoms with Gasteiger partial charge in [-0.05, 0) is 77.0 Å². The van der Waals surface area contributed by atoms with Crippen molar-refractivity contribution in [3.05, 3.63) is 30.3 Å². The van der Waals surface area contributed by atoms with Gasteiger partial charge in [0, 0.05) is 30.7 Å². The number of piperidine rings is 2. The van der Waals surface area contributed by atoms with E-state index in [0.717, 1.165) is 5.92 Å². The predicted octanol–water partition coefficient (Wildman–Crippen LogP) is 2.93. The molecule has 3 aliphatic heterocycles. The average Bonchev–Trinajstić information content (AvgIpc) is 2.57. The smallest absolute Gasteiger partial charge is 0.0366 e. The second-order valence-corrected chi connectivity index (χ2v) is 8.24. The first-order valence-electron chi connectivity index (χ1n) is 9.43. The number of nitrogens with zero attached hydrogens (tertiary/aromatic N) is 3. The molecular weight excluding hydrogens is 282 g/mol.